The molecule has 2 N–H and O–H groups in total. The Morgan fingerprint density at radius 3 is 2.86 bits per heavy atom. The number of rotatable bonds is 6. The van der Waals surface area contributed by atoms with E-state index in [4.69, 9.17) is 10.5 Å². The number of nitrogens with two attached hydrogens (primary N) is 1. The fourth-order valence-corrected chi connectivity index (χ4v) is 2.79. The van der Waals surface area contributed by atoms with E-state index in [9.17, 15) is 4.79 Å². The highest BCUT2D eigenvalue weighted by molar-refractivity contribution is 5.68. The van der Waals surface area contributed by atoms with Crippen molar-refractivity contribution in [3.8, 4) is 0 Å². The molecule has 1 atom stereocenters. The fourth-order valence-electron chi connectivity index (χ4n) is 2.79. The molecule has 2 rings (SSSR count). The zero-order valence-corrected chi connectivity index (χ0v) is 12.7. The smallest absolute Gasteiger partial charge is 0.410 e. The van der Waals surface area contributed by atoms with Crippen LogP contribution in [0.3, 0.4) is 0 Å². The molecular weight excluding hydrogens is 266 g/mol. The molecule has 1 aliphatic rings. The number of nitrogens with zero attached hydrogens (tertiary/aromatic N) is 2. The van der Waals surface area contributed by atoms with Gasteiger partial charge in [-0.25, -0.2) is 4.79 Å². The topological polar surface area (TPSA) is 58.8 Å². The quantitative estimate of drug-likeness (QED) is 0.866. The lowest BCUT2D eigenvalue weighted by atomic mass is 10.2. The molecule has 0 aliphatic carbocycles. The van der Waals surface area contributed by atoms with Gasteiger partial charge in [0.2, 0.25) is 0 Å². The number of ether oxygens (including phenoxy) is 1. The summed E-state index contributed by atoms with van der Waals surface area (Å²) in [7, 11) is 0. The minimum absolute atomic E-state index is 0.221. The lowest BCUT2D eigenvalue weighted by molar-refractivity contribution is 0.0835. The fraction of sp³-hybridized carbons (Fsp3) is 0.562. The van der Waals surface area contributed by atoms with Gasteiger partial charge in [0.15, 0.2) is 0 Å². The van der Waals surface area contributed by atoms with Crippen LogP contribution in [0, 0.1) is 0 Å². The maximum Gasteiger partial charge on any atom is 0.410 e. The number of amides is 1. The van der Waals surface area contributed by atoms with Gasteiger partial charge in [0.25, 0.3) is 0 Å². The second-order valence-corrected chi connectivity index (χ2v) is 5.36. The van der Waals surface area contributed by atoms with Gasteiger partial charge in [-0.2, -0.15) is 0 Å². The minimum atomic E-state index is -0.221. The Morgan fingerprint density at radius 2 is 2.19 bits per heavy atom. The molecule has 0 unspecified atom stereocenters. The first kappa shape index (κ1) is 15.8. The van der Waals surface area contributed by atoms with Crippen molar-refractivity contribution in [1.29, 1.82) is 0 Å². The second-order valence-electron chi connectivity index (χ2n) is 5.36. The third kappa shape index (κ3) is 4.44. The van der Waals surface area contributed by atoms with Crippen LogP contribution in [0.4, 0.5) is 4.79 Å². The molecule has 21 heavy (non-hydrogen) atoms. The van der Waals surface area contributed by atoms with E-state index in [1.165, 1.54) is 0 Å². The summed E-state index contributed by atoms with van der Waals surface area (Å²) in [6.45, 7) is 6.46. The van der Waals surface area contributed by atoms with Crippen molar-refractivity contribution in [3.63, 3.8) is 0 Å². The van der Waals surface area contributed by atoms with E-state index < -0.39 is 0 Å². The average Bonchev–Trinajstić information content (AvgIpc) is 2.96. The van der Waals surface area contributed by atoms with Crippen LogP contribution in [0.2, 0.25) is 0 Å². The summed E-state index contributed by atoms with van der Waals surface area (Å²) in [5, 5.41) is 0. The number of carbonyl (C=O) groups excluding carboxylic acids is 1. The molecule has 5 nitrogen and oxygen atoms in total. The zero-order chi connectivity index (χ0) is 15.1. The van der Waals surface area contributed by atoms with Crippen molar-refractivity contribution < 1.29 is 9.53 Å². The molecule has 1 heterocycles. The molecule has 0 aromatic heterocycles. The molecule has 1 aromatic rings. The molecule has 0 saturated carbocycles. The monoisotopic (exact) mass is 291 g/mol. The van der Waals surface area contributed by atoms with Crippen molar-refractivity contribution in [3.05, 3.63) is 35.9 Å². The van der Waals surface area contributed by atoms with Gasteiger partial charge in [-0.3, -0.25) is 4.90 Å². The Hall–Kier alpha value is -1.59. The number of likely N-dealkylation sites (tertiary alicyclic amines) is 1. The molecule has 1 fully saturated rings. The second kappa shape index (κ2) is 8.00. The number of likely N-dealkylation sites (N-methyl/N-ethyl adjacent to an activating group) is 1. The van der Waals surface area contributed by atoms with E-state index in [1.54, 1.807) is 0 Å². The summed E-state index contributed by atoms with van der Waals surface area (Å²) < 4.78 is 5.43. The minimum Gasteiger partial charge on any atom is -0.445 e. The van der Waals surface area contributed by atoms with Gasteiger partial charge in [0.1, 0.15) is 6.61 Å². The van der Waals surface area contributed by atoms with Gasteiger partial charge >= 0.3 is 6.09 Å². The van der Waals surface area contributed by atoms with Crippen LogP contribution in [-0.4, -0.2) is 54.7 Å². The summed E-state index contributed by atoms with van der Waals surface area (Å²) in [6.07, 6.45) is 0.773. The van der Waals surface area contributed by atoms with Gasteiger partial charge in [-0.1, -0.05) is 30.3 Å². The first-order chi connectivity index (χ1) is 10.2. The Labute approximate surface area is 126 Å². The van der Waals surface area contributed by atoms with Crippen molar-refractivity contribution in [2.45, 2.75) is 26.0 Å². The van der Waals surface area contributed by atoms with Crippen LogP contribution in [0.5, 0.6) is 0 Å². The Balaban J connectivity index is 1.84. The maximum absolute atomic E-state index is 12.3. The third-order valence-corrected chi connectivity index (χ3v) is 3.91. The van der Waals surface area contributed by atoms with Gasteiger partial charge in [0, 0.05) is 38.8 Å². The van der Waals surface area contributed by atoms with E-state index in [2.05, 4.69) is 4.90 Å². The molecular formula is C16H25N3O2. The molecule has 116 valence electrons. The number of benzene rings is 1. The number of carbonyl (C=O) groups is 1. The summed E-state index contributed by atoms with van der Waals surface area (Å²) in [4.78, 5) is 16.4. The molecule has 5 heteroatoms. The van der Waals surface area contributed by atoms with Gasteiger partial charge in [0.05, 0.1) is 0 Å². The normalized spacial score (nSPS) is 18.7. The number of hydrogen-bond acceptors (Lipinski definition) is 4. The SMILES string of the molecule is CCN(C(=O)OCc1ccccc1)[C@@H]1CCN(CCN)C1. The Bertz CT molecular complexity index is 438. The average molecular weight is 291 g/mol. The predicted molar refractivity (Wildman–Crippen MR) is 82.9 cm³/mol. The van der Waals surface area contributed by atoms with Crippen LogP contribution in [0.15, 0.2) is 30.3 Å². The van der Waals surface area contributed by atoms with Crippen molar-refractivity contribution in [2.24, 2.45) is 5.73 Å². The predicted octanol–water partition coefficient (Wildman–Crippen LogP) is 1.68. The highest BCUT2D eigenvalue weighted by atomic mass is 16.6. The van der Waals surface area contributed by atoms with Crippen LogP contribution in [-0.2, 0) is 11.3 Å². The van der Waals surface area contributed by atoms with Crippen molar-refractivity contribution in [1.82, 2.24) is 9.80 Å². The molecule has 1 aliphatic heterocycles. The molecule has 0 spiro atoms. The third-order valence-electron chi connectivity index (χ3n) is 3.91. The summed E-state index contributed by atoms with van der Waals surface area (Å²) in [5.41, 5.74) is 6.60. The Kier molecular flexibility index (Phi) is 6.02. The van der Waals surface area contributed by atoms with Crippen molar-refractivity contribution in [2.75, 3.05) is 32.7 Å². The zero-order valence-electron chi connectivity index (χ0n) is 12.7. The number of hydrogen-bond donors (Lipinski definition) is 1. The highest BCUT2D eigenvalue weighted by Crippen LogP contribution is 2.16. The molecule has 1 amide bonds. The van der Waals surface area contributed by atoms with E-state index in [0.717, 1.165) is 31.6 Å². The lowest BCUT2D eigenvalue weighted by Crippen LogP contribution is -2.42. The Morgan fingerprint density at radius 1 is 1.43 bits per heavy atom. The standard InChI is InChI=1S/C16H25N3O2/c1-2-19(15-8-10-18(12-15)11-9-17)16(20)21-13-14-6-4-3-5-7-14/h3-7,15H,2,8-13,17H2,1H3/t15-/m1/s1. The van der Waals surface area contributed by atoms with Crippen LogP contribution in [0.1, 0.15) is 18.9 Å². The lowest BCUT2D eigenvalue weighted by Gasteiger charge is -2.27. The van der Waals surface area contributed by atoms with E-state index in [0.29, 0.717) is 19.7 Å². The summed E-state index contributed by atoms with van der Waals surface area (Å²) >= 11 is 0. The molecule has 0 radical (unpaired) electrons. The van der Waals surface area contributed by atoms with Crippen LogP contribution >= 0.6 is 0 Å². The summed E-state index contributed by atoms with van der Waals surface area (Å²) in [5.74, 6) is 0. The molecule has 0 bridgehead atoms. The van der Waals surface area contributed by atoms with Gasteiger partial charge in [-0.15, -0.1) is 0 Å². The maximum atomic E-state index is 12.3. The van der Waals surface area contributed by atoms with E-state index >= 15 is 0 Å². The highest BCUT2D eigenvalue weighted by Gasteiger charge is 2.30. The van der Waals surface area contributed by atoms with Crippen molar-refractivity contribution >= 4 is 6.09 Å². The van der Waals surface area contributed by atoms with Gasteiger partial charge in [-0.05, 0) is 18.9 Å². The largest absolute Gasteiger partial charge is 0.445 e. The first-order valence-corrected chi connectivity index (χ1v) is 7.64. The first-order valence-electron chi connectivity index (χ1n) is 7.64. The van der Waals surface area contributed by atoms with Crippen LogP contribution < -0.4 is 5.73 Å². The van der Waals surface area contributed by atoms with E-state index in [1.807, 2.05) is 42.2 Å². The van der Waals surface area contributed by atoms with Gasteiger partial charge < -0.3 is 15.4 Å². The molecule has 1 aromatic carbocycles. The molecule has 1 saturated heterocycles. The van der Waals surface area contributed by atoms with Crippen LogP contribution in [0.25, 0.3) is 0 Å². The van der Waals surface area contributed by atoms with E-state index in [-0.39, 0.29) is 12.1 Å². The summed E-state index contributed by atoms with van der Waals surface area (Å²) in [6, 6.07) is 10.0.